The van der Waals surface area contributed by atoms with E-state index >= 15 is 0 Å². The summed E-state index contributed by atoms with van der Waals surface area (Å²) >= 11 is 0. The maximum absolute atomic E-state index is 10.7. The van der Waals surface area contributed by atoms with Gasteiger partial charge in [-0.1, -0.05) is 0 Å². The molecule has 0 aromatic heterocycles. The lowest BCUT2D eigenvalue weighted by atomic mass is 10.4. The fourth-order valence-electron chi connectivity index (χ4n) is 0.466. The molecule has 11 heavy (non-hydrogen) atoms. The van der Waals surface area contributed by atoms with E-state index in [9.17, 15) is 8.42 Å². The lowest BCUT2D eigenvalue weighted by Crippen LogP contribution is -2.27. The molecule has 64 valence electrons. The van der Waals surface area contributed by atoms with E-state index in [1.165, 1.54) is 0 Å². The first-order chi connectivity index (χ1) is 5.12. The molecule has 0 aromatic carbocycles. The average molecular weight is 177 g/mol. The molecule has 0 aromatic rings. The summed E-state index contributed by atoms with van der Waals surface area (Å²) in [6, 6.07) is 1.55. The Labute approximate surface area is 66.2 Å². The summed E-state index contributed by atoms with van der Waals surface area (Å²) in [6.07, 6.45) is 0.588. The van der Waals surface area contributed by atoms with Crippen LogP contribution in [0.25, 0.3) is 0 Å². The fourth-order valence-corrected chi connectivity index (χ4v) is 1.19. The molecule has 0 aliphatic rings. The Hall–Kier alpha value is -0.640. The van der Waals surface area contributed by atoms with E-state index in [1.54, 1.807) is 6.07 Å². The Bertz CT molecular complexity index is 229. The third-order valence-electron chi connectivity index (χ3n) is 0.957. The van der Waals surface area contributed by atoms with Crippen molar-refractivity contribution in [3.8, 4) is 6.07 Å². The topological polar surface area (TPSA) is 96.0 Å². The third kappa shape index (κ3) is 5.79. The molecule has 0 fully saturated rings. The van der Waals surface area contributed by atoms with Crippen molar-refractivity contribution in [2.75, 3.05) is 18.8 Å². The van der Waals surface area contributed by atoms with Crippen LogP contribution in [0.4, 0.5) is 0 Å². The number of hydrogen-bond donors (Lipinski definition) is 2. The SMILES string of the molecule is N#CCS(=O)(=O)NCCCN. The van der Waals surface area contributed by atoms with E-state index < -0.39 is 15.8 Å². The van der Waals surface area contributed by atoms with Crippen molar-refractivity contribution in [3.05, 3.63) is 0 Å². The number of nitrogens with two attached hydrogens (primary N) is 1. The Balaban J connectivity index is 3.68. The van der Waals surface area contributed by atoms with Gasteiger partial charge in [-0.15, -0.1) is 0 Å². The Kier molecular flexibility index (Phi) is 4.77. The maximum atomic E-state index is 10.7. The van der Waals surface area contributed by atoms with Gasteiger partial charge in [0, 0.05) is 6.54 Å². The van der Waals surface area contributed by atoms with Gasteiger partial charge in [0.2, 0.25) is 10.0 Å². The van der Waals surface area contributed by atoms with Crippen LogP contribution in [0.1, 0.15) is 6.42 Å². The number of nitriles is 1. The first-order valence-electron chi connectivity index (χ1n) is 3.17. The normalized spacial score (nSPS) is 10.9. The molecule has 0 amide bonds. The number of nitrogens with zero attached hydrogens (tertiary/aromatic N) is 1. The smallest absolute Gasteiger partial charge is 0.225 e. The number of nitrogens with one attached hydrogen (secondary N) is 1. The molecule has 0 rings (SSSR count). The zero-order valence-corrected chi connectivity index (χ0v) is 6.89. The minimum Gasteiger partial charge on any atom is -0.330 e. The molecule has 0 atom stereocenters. The first kappa shape index (κ1) is 10.4. The molecule has 0 aliphatic heterocycles. The molecule has 0 unspecified atom stereocenters. The lowest BCUT2D eigenvalue weighted by molar-refractivity contribution is 0.583. The highest BCUT2D eigenvalue weighted by atomic mass is 32.2. The van der Waals surface area contributed by atoms with Crippen LogP contribution >= 0.6 is 0 Å². The van der Waals surface area contributed by atoms with Crippen molar-refractivity contribution in [2.45, 2.75) is 6.42 Å². The van der Waals surface area contributed by atoms with Gasteiger partial charge in [0.15, 0.2) is 5.75 Å². The lowest BCUT2D eigenvalue weighted by Gasteiger charge is -2.00. The molecule has 3 N–H and O–H groups in total. The van der Waals surface area contributed by atoms with Gasteiger partial charge < -0.3 is 5.73 Å². The van der Waals surface area contributed by atoms with E-state index in [1.807, 2.05) is 0 Å². The van der Waals surface area contributed by atoms with Gasteiger partial charge in [-0.25, -0.2) is 13.1 Å². The van der Waals surface area contributed by atoms with Crippen LogP contribution < -0.4 is 10.5 Å². The molecule has 6 heteroatoms. The number of hydrogen-bond acceptors (Lipinski definition) is 4. The van der Waals surface area contributed by atoms with E-state index in [4.69, 9.17) is 11.0 Å². The molecular weight excluding hydrogens is 166 g/mol. The van der Waals surface area contributed by atoms with E-state index in [0.29, 0.717) is 19.5 Å². The van der Waals surface area contributed by atoms with Crippen LogP contribution in [0, 0.1) is 11.3 Å². The molecule has 0 saturated heterocycles. The first-order valence-corrected chi connectivity index (χ1v) is 4.82. The Morgan fingerprint density at radius 1 is 1.55 bits per heavy atom. The monoisotopic (exact) mass is 177 g/mol. The Morgan fingerprint density at radius 3 is 2.64 bits per heavy atom. The van der Waals surface area contributed by atoms with Gasteiger partial charge in [-0.05, 0) is 13.0 Å². The van der Waals surface area contributed by atoms with Crippen LogP contribution in [0.15, 0.2) is 0 Å². The molecule has 0 spiro atoms. The summed E-state index contributed by atoms with van der Waals surface area (Å²) in [7, 11) is -3.37. The average Bonchev–Trinajstić information content (AvgIpc) is 1.87. The van der Waals surface area contributed by atoms with Gasteiger partial charge in [-0.2, -0.15) is 5.26 Å². The number of sulfonamides is 1. The minimum atomic E-state index is -3.37. The number of rotatable bonds is 5. The fraction of sp³-hybridized carbons (Fsp3) is 0.800. The van der Waals surface area contributed by atoms with Crippen molar-refractivity contribution >= 4 is 10.0 Å². The molecule has 5 nitrogen and oxygen atoms in total. The second-order valence-corrected chi connectivity index (χ2v) is 3.76. The maximum Gasteiger partial charge on any atom is 0.225 e. The summed E-state index contributed by atoms with van der Waals surface area (Å²) in [5.41, 5.74) is 5.13. The highest BCUT2D eigenvalue weighted by molar-refractivity contribution is 7.89. The van der Waals surface area contributed by atoms with Crippen LogP contribution in [0.2, 0.25) is 0 Å². The molecule has 0 saturated carbocycles. The van der Waals surface area contributed by atoms with Gasteiger partial charge in [0.25, 0.3) is 0 Å². The van der Waals surface area contributed by atoms with E-state index in [2.05, 4.69) is 4.72 Å². The van der Waals surface area contributed by atoms with Crippen molar-refractivity contribution < 1.29 is 8.42 Å². The standard InChI is InChI=1S/C5H11N3O2S/c6-2-1-4-8-11(9,10)5-3-7/h8H,1-2,4-6H2. The quantitative estimate of drug-likeness (QED) is 0.514. The summed E-state index contributed by atoms with van der Waals surface area (Å²) in [6.45, 7) is 0.746. The Morgan fingerprint density at radius 2 is 2.18 bits per heavy atom. The molecule has 0 bridgehead atoms. The highest BCUT2D eigenvalue weighted by Gasteiger charge is 2.06. The summed E-state index contributed by atoms with van der Waals surface area (Å²) in [4.78, 5) is 0. The minimum absolute atomic E-state index is 0.306. The molecular formula is C5H11N3O2S. The van der Waals surface area contributed by atoms with Crippen LogP contribution in [-0.2, 0) is 10.0 Å². The van der Waals surface area contributed by atoms with Gasteiger partial charge in [0.1, 0.15) is 0 Å². The summed E-state index contributed by atoms with van der Waals surface area (Å²) in [5, 5.41) is 8.06. The van der Waals surface area contributed by atoms with E-state index in [0.717, 1.165) is 0 Å². The predicted octanol–water partition coefficient (Wildman–Crippen LogP) is -1.22. The van der Waals surface area contributed by atoms with Gasteiger partial charge in [-0.3, -0.25) is 0 Å². The van der Waals surface area contributed by atoms with E-state index in [-0.39, 0.29) is 0 Å². The summed E-state index contributed by atoms with van der Waals surface area (Å²) < 4.78 is 23.7. The van der Waals surface area contributed by atoms with Crippen LogP contribution in [0.3, 0.4) is 0 Å². The van der Waals surface area contributed by atoms with Gasteiger partial charge in [0.05, 0.1) is 6.07 Å². The summed E-state index contributed by atoms with van der Waals surface area (Å²) in [5.74, 6) is -0.489. The molecule has 0 aliphatic carbocycles. The van der Waals surface area contributed by atoms with Crippen LogP contribution in [-0.4, -0.2) is 27.3 Å². The van der Waals surface area contributed by atoms with Crippen molar-refractivity contribution in [1.82, 2.24) is 4.72 Å². The predicted molar refractivity (Wildman–Crippen MR) is 41.1 cm³/mol. The zero-order valence-electron chi connectivity index (χ0n) is 6.08. The van der Waals surface area contributed by atoms with Crippen molar-refractivity contribution in [2.24, 2.45) is 5.73 Å². The van der Waals surface area contributed by atoms with Crippen LogP contribution in [0.5, 0.6) is 0 Å². The molecule has 0 heterocycles. The second-order valence-electron chi connectivity index (χ2n) is 1.95. The second kappa shape index (κ2) is 5.07. The van der Waals surface area contributed by atoms with Gasteiger partial charge >= 0.3 is 0 Å². The zero-order chi connectivity index (χ0) is 8.74. The van der Waals surface area contributed by atoms with Crippen molar-refractivity contribution in [1.29, 1.82) is 5.26 Å². The third-order valence-corrected chi connectivity index (χ3v) is 2.11. The highest BCUT2D eigenvalue weighted by Crippen LogP contribution is 1.82. The van der Waals surface area contributed by atoms with Crippen molar-refractivity contribution in [3.63, 3.8) is 0 Å². The molecule has 0 radical (unpaired) electrons. The largest absolute Gasteiger partial charge is 0.330 e.